The number of hydrogen-bond acceptors (Lipinski definition) is 3. The molecular weight excluding hydrogens is 388 g/mol. The molecule has 2 aromatic rings. The summed E-state index contributed by atoms with van der Waals surface area (Å²) in [4.78, 5) is 27.1. The van der Waals surface area contributed by atoms with Crippen LogP contribution >= 0.6 is 11.6 Å². The molecule has 0 saturated heterocycles. The molecule has 2 aromatic carbocycles. The molecule has 0 fully saturated rings. The maximum absolute atomic E-state index is 12.9. The number of nitrogens with one attached hydrogen (secondary N) is 1. The topological polar surface area (TPSA) is 58.6 Å². The molecule has 0 spiro atoms. The number of hydrogen-bond donors (Lipinski definition) is 1. The Kier molecular flexibility index (Phi) is 9.00. The van der Waals surface area contributed by atoms with Crippen LogP contribution in [0.25, 0.3) is 0 Å². The van der Waals surface area contributed by atoms with Crippen LogP contribution in [0.1, 0.15) is 39.2 Å². The lowest BCUT2D eigenvalue weighted by Gasteiger charge is -2.29. The van der Waals surface area contributed by atoms with Crippen LogP contribution < -0.4 is 10.1 Å². The van der Waals surface area contributed by atoms with E-state index in [2.05, 4.69) is 5.32 Å². The zero-order valence-corrected chi connectivity index (χ0v) is 18.0. The number of rotatable bonds is 10. The molecule has 156 valence electrons. The van der Waals surface area contributed by atoms with Gasteiger partial charge in [-0.3, -0.25) is 9.59 Å². The van der Waals surface area contributed by atoms with Crippen molar-refractivity contribution in [3.05, 3.63) is 65.2 Å². The summed E-state index contributed by atoms with van der Waals surface area (Å²) in [5, 5.41) is 3.48. The van der Waals surface area contributed by atoms with Gasteiger partial charge in [-0.15, -0.1) is 0 Å². The molecule has 1 unspecified atom stereocenters. The Morgan fingerprint density at radius 1 is 1.07 bits per heavy atom. The Balaban J connectivity index is 2.00. The quantitative estimate of drug-likeness (QED) is 0.582. The van der Waals surface area contributed by atoms with Crippen molar-refractivity contribution in [3.8, 4) is 5.75 Å². The summed E-state index contributed by atoms with van der Waals surface area (Å²) in [6.45, 7) is 6.31. The molecule has 0 aliphatic heterocycles. The average Bonchev–Trinajstić information content (AvgIpc) is 2.69. The van der Waals surface area contributed by atoms with Crippen molar-refractivity contribution in [2.45, 2.75) is 52.2 Å². The molecule has 2 rings (SSSR count). The van der Waals surface area contributed by atoms with E-state index in [0.717, 1.165) is 11.3 Å². The van der Waals surface area contributed by atoms with Gasteiger partial charge in [0.25, 0.3) is 0 Å². The fraction of sp³-hybridized carbons (Fsp3) is 0.391. The number of carbonyl (C=O) groups excluding carboxylic acids is 2. The van der Waals surface area contributed by atoms with Crippen LogP contribution in [0.2, 0.25) is 5.02 Å². The monoisotopic (exact) mass is 416 g/mol. The highest BCUT2D eigenvalue weighted by Gasteiger charge is 2.26. The van der Waals surface area contributed by atoms with Gasteiger partial charge in [0, 0.05) is 24.0 Å². The van der Waals surface area contributed by atoms with Crippen LogP contribution in [-0.4, -0.2) is 35.4 Å². The van der Waals surface area contributed by atoms with Crippen molar-refractivity contribution < 1.29 is 14.3 Å². The van der Waals surface area contributed by atoms with E-state index in [4.69, 9.17) is 16.3 Å². The Morgan fingerprint density at radius 3 is 2.45 bits per heavy atom. The highest BCUT2D eigenvalue weighted by atomic mass is 35.5. The molecule has 6 heteroatoms. The molecule has 0 heterocycles. The minimum absolute atomic E-state index is 0.00680. The molecule has 0 bridgehead atoms. The number of amides is 2. The highest BCUT2D eigenvalue weighted by Crippen LogP contribution is 2.16. The molecule has 5 nitrogen and oxygen atoms in total. The second-order valence-corrected chi connectivity index (χ2v) is 7.69. The van der Waals surface area contributed by atoms with E-state index in [-0.39, 0.29) is 17.9 Å². The van der Waals surface area contributed by atoms with Gasteiger partial charge in [-0.2, -0.15) is 0 Å². The van der Waals surface area contributed by atoms with Crippen molar-refractivity contribution in [1.82, 2.24) is 10.2 Å². The standard InChI is InChI=1S/C23H29ClN2O3/c1-17(2)25-23(28)18(3)26(16-19-9-7-10-20(24)15-19)22(27)13-8-14-29-21-11-5-4-6-12-21/h4-7,9-12,15,17-18H,8,13-14,16H2,1-3H3,(H,25,28). The summed E-state index contributed by atoms with van der Waals surface area (Å²) in [6, 6.07) is 16.3. The average molecular weight is 417 g/mol. The van der Waals surface area contributed by atoms with Crippen LogP contribution in [0.4, 0.5) is 0 Å². The molecule has 1 N–H and O–H groups in total. The van der Waals surface area contributed by atoms with Crippen molar-refractivity contribution >= 4 is 23.4 Å². The van der Waals surface area contributed by atoms with Gasteiger partial charge in [0.1, 0.15) is 11.8 Å². The second-order valence-electron chi connectivity index (χ2n) is 7.26. The SMILES string of the molecule is CC(C)NC(=O)C(C)N(Cc1cccc(Cl)c1)C(=O)CCCOc1ccccc1. The summed E-state index contributed by atoms with van der Waals surface area (Å²) >= 11 is 6.08. The summed E-state index contributed by atoms with van der Waals surface area (Å²) in [5.74, 6) is 0.518. The Morgan fingerprint density at radius 2 is 1.79 bits per heavy atom. The first-order chi connectivity index (χ1) is 13.9. The minimum atomic E-state index is -0.584. The second kappa shape index (κ2) is 11.5. The minimum Gasteiger partial charge on any atom is -0.494 e. The van der Waals surface area contributed by atoms with E-state index in [0.29, 0.717) is 31.0 Å². The molecule has 2 amide bonds. The lowest BCUT2D eigenvalue weighted by atomic mass is 10.1. The van der Waals surface area contributed by atoms with E-state index in [1.54, 1.807) is 17.9 Å². The first-order valence-corrected chi connectivity index (χ1v) is 10.3. The normalized spacial score (nSPS) is 11.8. The number of carbonyl (C=O) groups is 2. The van der Waals surface area contributed by atoms with Gasteiger partial charge >= 0.3 is 0 Å². The van der Waals surface area contributed by atoms with Crippen LogP contribution in [0.5, 0.6) is 5.75 Å². The molecule has 1 atom stereocenters. The van der Waals surface area contributed by atoms with Gasteiger partial charge in [-0.25, -0.2) is 0 Å². The smallest absolute Gasteiger partial charge is 0.242 e. The van der Waals surface area contributed by atoms with E-state index >= 15 is 0 Å². The number of para-hydroxylation sites is 1. The third-order valence-electron chi connectivity index (χ3n) is 4.39. The highest BCUT2D eigenvalue weighted by molar-refractivity contribution is 6.30. The largest absolute Gasteiger partial charge is 0.494 e. The van der Waals surface area contributed by atoms with Gasteiger partial charge in [0.05, 0.1) is 6.61 Å². The van der Waals surface area contributed by atoms with E-state index in [9.17, 15) is 9.59 Å². The third-order valence-corrected chi connectivity index (χ3v) is 4.62. The first-order valence-electron chi connectivity index (χ1n) is 9.89. The van der Waals surface area contributed by atoms with Crippen LogP contribution in [0.3, 0.4) is 0 Å². The Hall–Kier alpha value is -2.53. The summed E-state index contributed by atoms with van der Waals surface area (Å²) in [6.07, 6.45) is 0.866. The molecular formula is C23H29ClN2O3. The predicted molar refractivity (Wildman–Crippen MR) is 116 cm³/mol. The van der Waals surface area contributed by atoms with Crippen molar-refractivity contribution in [1.29, 1.82) is 0 Å². The van der Waals surface area contributed by atoms with Gasteiger partial charge in [-0.1, -0.05) is 41.9 Å². The lowest BCUT2D eigenvalue weighted by molar-refractivity contribution is -0.141. The fourth-order valence-corrected chi connectivity index (χ4v) is 3.11. The molecule has 0 radical (unpaired) electrons. The van der Waals surface area contributed by atoms with Gasteiger partial charge in [-0.05, 0) is 57.0 Å². The Labute approximate surface area is 178 Å². The van der Waals surface area contributed by atoms with E-state index in [1.807, 2.05) is 62.4 Å². The number of nitrogens with zero attached hydrogens (tertiary/aromatic N) is 1. The van der Waals surface area contributed by atoms with Crippen molar-refractivity contribution in [3.63, 3.8) is 0 Å². The summed E-state index contributed by atoms with van der Waals surface area (Å²) in [5.41, 5.74) is 0.885. The van der Waals surface area contributed by atoms with Crippen LogP contribution in [0, 0.1) is 0 Å². The van der Waals surface area contributed by atoms with Crippen LogP contribution in [0.15, 0.2) is 54.6 Å². The first kappa shape index (κ1) is 22.8. The maximum atomic E-state index is 12.9. The lowest BCUT2D eigenvalue weighted by Crippen LogP contribution is -2.49. The van der Waals surface area contributed by atoms with Crippen molar-refractivity contribution in [2.24, 2.45) is 0 Å². The van der Waals surface area contributed by atoms with Crippen molar-refractivity contribution in [2.75, 3.05) is 6.61 Å². The van der Waals surface area contributed by atoms with E-state index < -0.39 is 6.04 Å². The molecule has 0 aliphatic carbocycles. The fourth-order valence-electron chi connectivity index (χ4n) is 2.89. The molecule has 0 aromatic heterocycles. The van der Waals surface area contributed by atoms with Gasteiger partial charge < -0.3 is 15.0 Å². The Bertz CT molecular complexity index is 796. The number of halogens is 1. The predicted octanol–water partition coefficient (Wildman–Crippen LogP) is 4.44. The summed E-state index contributed by atoms with van der Waals surface area (Å²) < 4.78 is 5.66. The molecule has 29 heavy (non-hydrogen) atoms. The van der Waals surface area contributed by atoms with Gasteiger partial charge in [0.2, 0.25) is 11.8 Å². The molecule has 0 saturated carbocycles. The van der Waals surface area contributed by atoms with Gasteiger partial charge in [0.15, 0.2) is 0 Å². The zero-order valence-electron chi connectivity index (χ0n) is 17.2. The number of benzene rings is 2. The summed E-state index contributed by atoms with van der Waals surface area (Å²) in [7, 11) is 0. The maximum Gasteiger partial charge on any atom is 0.242 e. The molecule has 0 aliphatic rings. The van der Waals surface area contributed by atoms with E-state index in [1.165, 1.54) is 0 Å². The zero-order chi connectivity index (χ0) is 21.2. The number of ether oxygens (including phenoxy) is 1. The third kappa shape index (κ3) is 7.78. The van der Waals surface area contributed by atoms with Crippen LogP contribution in [-0.2, 0) is 16.1 Å².